The molecule has 0 radical (unpaired) electrons. The Labute approximate surface area is 172 Å². The number of hydrogen-bond acceptors (Lipinski definition) is 5. The van der Waals surface area contributed by atoms with Crippen LogP contribution >= 0.6 is 0 Å². The Balaban J connectivity index is 1.36. The third-order valence-corrected chi connectivity index (χ3v) is 6.27. The molecule has 1 atom stereocenters. The number of likely N-dealkylation sites (tertiary alicyclic amines) is 1. The summed E-state index contributed by atoms with van der Waals surface area (Å²) in [4.78, 5) is 15.3. The molecule has 2 aliphatic heterocycles. The molecule has 0 aliphatic carbocycles. The van der Waals surface area contributed by atoms with Gasteiger partial charge in [-0.25, -0.2) is 4.68 Å². The molecule has 0 saturated carbocycles. The predicted octanol–water partition coefficient (Wildman–Crippen LogP) is 2.30. The highest BCUT2D eigenvalue weighted by molar-refractivity contribution is 5.93. The Kier molecular flexibility index (Phi) is 6.56. The molecule has 2 saturated heterocycles. The lowest BCUT2D eigenvalue weighted by atomic mass is 10.0. The smallest absolute Gasteiger partial charge is 0.273 e. The van der Waals surface area contributed by atoms with E-state index in [-0.39, 0.29) is 5.91 Å². The van der Waals surface area contributed by atoms with Crippen LogP contribution in [0.5, 0.6) is 0 Å². The van der Waals surface area contributed by atoms with Gasteiger partial charge in [0.15, 0.2) is 5.69 Å². The van der Waals surface area contributed by atoms with Gasteiger partial charge in [-0.05, 0) is 57.8 Å². The van der Waals surface area contributed by atoms with Crippen LogP contribution in [0, 0.1) is 6.92 Å². The first-order chi connectivity index (χ1) is 14.2. The van der Waals surface area contributed by atoms with Crippen molar-refractivity contribution in [1.29, 1.82) is 0 Å². The van der Waals surface area contributed by atoms with Crippen LogP contribution in [0.3, 0.4) is 0 Å². The number of carbonyl (C=O) groups excluding carboxylic acids is 1. The van der Waals surface area contributed by atoms with Crippen LogP contribution in [0.25, 0.3) is 0 Å². The van der Waals surface area contributed by atoms with E-state index < -0.39 is 0 Å². The van der Waals surface area contributed by atoms with Crippen LogP contribution in [-0.2, 0) is 6.54 Å². The summed E-state index contributed by atoms with van der Waals surface area (Å²) in [6.45, 7) is 6.62. The van der Waals surface area contributed by atoms with E-state index in [2.05, 4.69) is 56.2 Å². The van der Waals surface area contributed by atoms with Crippen molar-refractivity contribution in [2.24, 2.45) is 0 Å². The summed E-state index contributed by atoms with van der Waals surface area (Å²) in [7, 11) is 0. The Bertz CT molecular complexity index is 799. The van der Waals surface area contributed by atoms with Gasteiger partial charge in [0.25, 0.3) is 5.91 Å². The Morgan fingerprint density at radius 3 is 2.76 bits per heavy atom. The number of nitrogens with zero attached hydrogens (tertiary/aromatic N) is 4. The largest absolute Gasteiger partial charge is 0.349 e. The standard InChI is InChI=1S/C22H32N6O/c1-17-21(25-26-28(17)19-10-12-23-13-11-19)22(29)24-15-20-9-5-6-14-27(20)16-18-7-3-2-4-8-18/h2-4,7-8,19-20,23H,5-6,9-16H2,1H3,(H,24,29). The van der Waals surface area contributed by atoms with Crippen molar-refractivity contribution in [2.45, 2.75) is 57.7 Å². The zero-order valence-electron chi connectivity index (χ0n) is 17.3. The highest BCUT2D eigenvalue weighted by atomic mass is 16.2. The molecule has 29 heavy (non-hydrogen) atoms. The number of nitrogens with one attached hydrogen (secondary N) is 2. The van der Waals surface area contributed by atoms with Crippen molar-refractivity contribution < 1.29 is 4.79 Å². The average molecular weight is 397 g/mol. The fraction of sp³-hybridized carbons (Fsp3) is 0.591. The average Bonchev–Trinajstić information content (AvgIpc) is 3.16. The SMILES string of the molecule is Cc1c(C(=O)NCC2CCCCN2Cc2ccccc2)nnn1C1CCNCC1. The monoisotopic (exact) mass is 396 g/mol. The topological polar surface area (TPSA) is 75.1 Å². The number of carbonyl (C=O) groups is 1. The van der Waals surface area contributed by atoms with E-state index in [1.807, 2.05) is 11.6 Å². The zero-order chi connectivity index (χ0) is 20.1. The second kappa shape index (κ2) is 9.50. The first-order valence-electron chi connectivity index (χ1n) is 10.9. The molecule has 2 N–H and O–H groups in total. The first-order valence-corrected chi connectivity index (χ1v) is 10.9. The van der Waals surface area contributed by atoms with E-state index in [1.54, 1.807) is 0 Å². The summed E-state index contributed by atoms with van der Waals surface area (Å²) in [6.07, 6.45) is 5.62. The van der Waals surface area contributed by atoms with Gasteiger partial charge in [-0.15, -0.1) is 5.10 Å². The normalized spacial score (nSPS) is 21.2. The highest BCUT2D eigenvalue weighted by Gasteiger charge is 2.26. The minimum Gasteiger partial charge on any atom is -0.349 e. The number of aromatic nitrogens is 3. The molecule has 1 aromatic heterocycles. The zero-order valence-corrected chi connectivity index (χ0v) is 17.3. The molecule has 2 fully saturated rings. The van der Waals surface area contributed by atoms with Crippen LogP contribution in [-0.4, -0.2) is 58.0 Å². The molecule has 3 heterocycles. The number of rotatable bonds is 6. The van der Waals surface area contributed by atoms with E-state index in [9.17, 15) is 4.79 Å². The summed E-state index contributed by atoms with van der Waals surface area (Å²) in [5, 5.41) is 15.0. The molecule has 7 nitrogen and oxygen atoms in total. The number of piperidine rings is 2. The van der Waals surface area contributed by atoms with Gasteiger partial charge < -0.3 is 10.6 Å². The van der Waals surface area contributed by atoms with Gasteiger partial charge in [-0.3, -0.25) is 9.69 Å². The Morgan fingerprint density at radius 1 is 1.17 bits per heavy atom. The van der Waals surface area contributed by atoms with E-state index >= 15 is 0 Å². The molecule has 156 valence electrons. The summed E-state index contributed by atoms with van der Waals surface area (Å²) < 4.78 is 1.94. The molecule has 2 aromatic rings. The summed E-state index contributed by atoms with van der Waals surface area (Å²) in [5.41, 5.74) is 2.67. The molecule has 0 spiro atoms. The van der Waals surface area contributed by atoms with Crippen molar-refractivity contribution in [1.82, 2.24) is 30.5 Å². The van der Waals surface area contributed by atoms with Crippen molar-refractivity contribution in [3.63, 3.8) is 0 Å². The van der Waals surface area contributed by atoms with Crippen molar-refractivity contribution in [2.75, 3.05) is 26.2 Å². The quantitative estimate of drug-likeness (QED) is 0.784. The maximum absolute atomic E-state index is 12.8. The van der Waals surface area contributed by atoms with Crippen LogP contribution in [0.1, 0.15) is 59.9 Å². The molecule has 2 aliphatic rings. The van der Waals surface area contributed by atoms with Crippen LogP contribution in [0.15, 0.2) is 30.3 Å². The summed E-state index contributed by atoms with van der Waals surface area (Å²) >= 11 is 0. The third-order valence-electron chi connectivity index (χ3n) is 6.27. The Morgan fingerprint density at radius 2 is 1.97 bits per heavy atom. The predicted molar refractivity (Wildman–Crippen MR) is 113 cm³/mol. The molecular formula is C22H32N6O. The van der Waals surface area contributed by atoms with E-state index in [4.69, 9.17) is 0 Å². The molecule has 1 aromatic carbocycles. The molecule has 4 rings (SSSR count). The number of amides is 1. The van der Waals surface area contributed by atoms with Gasteiger partial charge in [0.05, 0.1) is 11.7 Å². The van der Waals surface area contributed by atoms with Crippen molar-refractivity contribution in [3.05, 3.63) is 47.3 Å². The second-order valence-electron chi connectivity index (χ2n) is 8.26. The van der Waals surface area contributed by atoms with Gasteiger partial charge in [0, 0.05) is 19.1 Å². The lowest BCUT2D eigenvalue weighted by molar-refractivity contribution is 0.0902. The number of hydrogen-bond donors (Lipinski definition) is 2. The summed E-state index contributed by atoms with van der Waals surface area (Å²) in [6, 6.07) is 11.3. The van der Waals surface area contributed by atoms with E-state index in [0.717, 1.165) is 51.1 Å². The third kappa shape index (κ3) is 4.85. The maximum Gasteiger partial charge on any atom is 0.273 e. The maximum atomic E-state index is 12.8. The van der Waals surface area contributed by atoms with E-state index in [1.165, 1.54) is 18.4 Å². The van der Waals surface area contributed by atoms with Crippen molar-refractivity contribution >= 4 is 5.91 Å². The Hall–Kier alpha value is -2.25. The first kappa shape index (κ1) is 20.0. The fourth-order valence-corrected chi connectivity index (χ4v) is 4.56. The molecule has 0 bridgehead atoms. The van der Waals surface area contributed by atoms with Crippen LogP contribution < -0.4 is 10.6 Å². The van der Waals surface area contributed by atoms with Gasteiger partial charge in [-0.2, -0.15) is 0 Å². The molecule has 7 heteroatoms. The minimum atomic E-state index is -0.104. The molecule has 1 unspecified atom stereocenters. The molecule has 1 amide bonds. The van der Waals surface area contributed by atoms with Gasteiger partial charge >= 0.3 is 0 Å². The lowest BCUT2D eigenvalue weighted by Gasteiger charge is -2.35. The van der Waals surface area contributed by atoms with Crippen LogP contribution in [0.2, 0.25) is 0 Å². The lowest BCUT2D eigenvalue weighted by Crippen LogP contribution is -2.46. The van der Waals surface area contributed by atoms with Crippen LogP contribution in [0.4, 0.5) is 0 Å². The van der Waals surface area contributed by atoms with Gasteiger partial charge in [-0.1, -0.05) is 42.0 Å². The van der Waals surface area contributed by atoms with E-state index in [0.29, 0.717) is 24.3 Å². The number of benzene rings is 1. The summed E-state index contributed by atoms with van der Waals surface area (Å²) in [5.74, 6) is -0.104. The van der Waals surface area contributed by atoms with Crippen molar-refractivity contribution in [3.8, 4) is 0 Å². The highest BCUT2D eigenvalue weighted by Crippen LogP contribution is 2.21. The van der Waals surface area contributed by atoms with Gasteiger partial charge in [0.1, 0.15) is 0 Å². The molecular weight excluding hydrogens is 364 g/mol. The van der Waals surface area contributed by atoms with Gasteiger partial charge in [0.2, 0.25) is 0 Å². The minimum absolute atomic E-state index is 0.104. The fourth-order valence-electron chi connectivity index (χ4n) is 4.56. The second-order valence-corrected chi connectivity index (χ2v) is 8.26.